The molecule has 0 amide bonds. The van der Waals surface area contributed by atoms with Crippen LogP contribution in [0.3, 0.4) is 0 Å². The summed E-state index contributed by atoms with van der Waals surface area (Å²) in [5.41, 5.74) is 6.32. The molecule has 0 aliphatic carbocycles. The normalized spacial score (nSPS) is 11.9. The number of nitrogens with two attached hydrogens (primary N) is 1. The summed E-state index contributed by atoms with van der Waals surface area (Å²) in [6.45, 7) is 2.51. The molecule has 5 nitrogen and oxygen atoms in total. The highest BCUT2D eigenvalue weighted by Gasteiger charge is 2.05. The Balaban J connectivity index is 2.03. The number of ether oxygens (including phenoxy) is 3. The van der Waals surface area contributed by atoms with Crippen LogP contribution in [-0.4, -0.2) is 25.6 Å². The molecule has 94 valence electrons. The van der Waals surface area contributed by atoms with Crippen LogP contribution in [0.2, 0.25) is 0 Å². The van der Waals surface area contributed by atoms with Crippen molar-refractivity contribution in [3.05, 3.63) is 35.9 Å². The lowest BCUT2D eigenvalue weighted by Crippen LogP contribution is -2.24. The monoisotopic (exact) mass is 239 g/mol. The molecule has 5 heteroatoms. The molecule has 2 N–H and O–H groups in total. The fraction of sp³-hybridized carbons (Fsp3) is 0.417. The van der Waals surface area contributed by atoms with E-state index in [2.05, 4.69) is 4.74 Å². The molecule has 0 aliphatic rings. The number of carbonyl (C=O) groups excluding carboxylic acids is 1. The fourth-order valence-electron chi connectivity index (χ4n) is 1.13. The summed E-state index contributed by atoms with van der Waals surface area (Å²) < 4.78 is 14.6. The molecule has 0 spiro atoms. The first kappa shape index (κ1) is 13.5. The van der Waals surface area contributed by atoms with E-state index in [1.54, 1.807) is 6.92 Å². The van der Waals surface area contributed by atoms with Crippen LogP contribution in [0.15, 0.2) is 30.3 Å². The van der Waals surface area contributed by atoms with E-state index in [0.29, 0.717) is 13.2 Å². The molecule has 0 saturated carbocycles. The Morgan fingerprint density at radius 3 is 2.65 bits per heavy atom. The maximum atomic E-state index is 10.9. The van der Waals surface area contributed by atoms with E-state index < -0.39 is 12.4 Å². The zero-order valence-corrected chi connectivity index (χ0v) is 9.80. The predicted molar refractivity (Wildman–Crippen MR) is 62.2 cm³/mol. The van der Waals surface area contributed by atoms with Crippen molar-refractivity contribution in [2.45, 2.75) is 19.8 Å². The molecule has 1 unspecified atom stereocenters. The van der Waals surface area contributed by atoms with Crippen LogP contribution >= 0.6 is 0 Å². The SMILES string of the molecule is CC(N)OC(=O)OCCOCc1ccccc1. The van der Waals surface area contributed by atoms with Gasteiger partial charge < -0.3 is 14.2 Å². The summed E-state index contributed by atoms with van der Waals surface area (Å²) in [6.07, 6.45) is -1.43. The lowest BCUT2D eigenvalue weighted by Gasteiger charge is -2.08. The third-order valence-electron chi connectivity index (χ3n) is 1.84. The topological polar surface area (TPSA) is 70.8 Å². The Morgan fingerprint density at radius 2 is 2.00 bits per heavy atom. The highest BCUT2D eigenvalue weighted by molar-refractivity contribution is 5.59. The maximum Gasteiger partial charge on any atom is 0.509 e. The van der Waals surface area contributed by atoms with Gasteiger partial charge in [0, 0.05) is 0 Å². The van der Waals surface area contributed by atoms with Gasteiger partial charge in [-0.15, -0.1) is 0 Å². The van der Waals surface area contributed by atoms with E-state index in [-0.39, 0.29) is 6.61 Å². The van der Waals surface area contributed by atoms with Crippen LogP contribution < -0.4 is 5.73 Å². The summed E-state index contributed by atoms with van der Waals surface area (Å²) in [5.74, 6) is 0. The van der Waals surface area contributed by atoms with Gasteiger partial charge in [-0.3, -0.25) is 5.73 Å². The average molecular weight is 239 g/mol. The van der Waals surface area contributed by atoms with Gasteiger partial charge in [-0.2, -0.15) is 0 Å². The molecule has 1 atom stereocenters. The average Bonchev–Trinajstić information content (AvgIpc) is 2.29. The second kappa shape index (κ2) is 7.65. The van der Waals surface area contributed by atoms with Crippen molar-refractivity contribution >= 4 is 6.16 Å². The van der Waals surface area contributed by atoms with E-state index in [1.807, 2.05) is 30.3 Å². The molecular weight excluding hydrogens is 222 g/mol. The molecule has 0 saturated heterocycles. The van der Waals surface area contributed by atoms with Crippen LogP contribution in [-0.2, 0) is 20.8 Å². The first-order valence-corrected chi connectivity index (χ1v) is 5.39. The number of rotatable bonds is 6. The Hall–Kier alpha value is -1.59. The lowest BCUT2D eigenvalue weighted by atomic mass is 10.2. The van der Waals surface area contributed by atoms with E-state index in [9.17, 15) is 4.79 Å². The Morgan fingerprint density at radius 1 is 1.29 bits per heavy atom. The molecule has 1 rings (SSSR count). The summed E-state index contributed by atoms with van der Waals surface area (Å²) >= 11 is 0. The molecule has 0 aliphatic heterocycles. The molecule has 1 aromatic carbocycles. The smallest absolute Gasteiger partial charge is 0.432 e. The van der Waals surface area contributed by atoms with E-state index in [1.165, 1.54) is 0 Å². The van der Waals surface area contributed by atoms with Crippen LogP contribution in [0.25, 0.3) is 0 Å². The predicted octanol–water partition coefficient (Wildman–Crippen LogP) is 1.66. The summed E-state index contributed by atoms with van der Waals surface area (Å²) in [4.78, 5) is 10.9. The van der Waals surface area contributed by atoms with Crippen molar-refractivity contribution in [3.8, 4) is 0 Å². The highest BCUT2D eigenvalue weighted by Crippen LogP contribution is 2.00. The zero-order valence-electron chi connectivity index (χ0n) is 9.80. The minimum atomic E-state index is -0.775. The second-order valence-corrected chi connectivity index (χ2v) is 3.46. The van der Waals surface area contributed by atoms with Gasteiger partial charge in [0.25, 0.3) is 0 Å². The largest absolute Gasteiger partial charge is 0.509 e. The molecule has 0 aromatic heterocycles. The van der Waals surface area contributed by atoms with Crippen molar-refractivity contribution < 1.29 is 19.0 Å². The van der Waals surface area contributed by atoms with Gasteiger partial charge in [-0.1, -0.05) is 30.3 Å². The minimum absolute atomic E-state index is 0.151. The molecule has 17 heavy (non-hydrogen) atoms. The first-order chi connectivity index (χ1) is 8.18. The van der Waals surface area contributed by atoms with Gasteiger partial charge in [0.1, 0.15) is 6.61 Å². The third-order valence-corrected chi connectivity index (χ3v) is 1.84. The van der Waals surface area contributed by atoms with Crippen molar-refractivity contribution in [2.24, 2.45) is 5.73 Å². The second-order valence-electron chi connectivity index (χ2n) is 3.46. The molecular formula is C12H17NO4. The van der Waals surface area contributed by atoms with Crippen LogP contribution in [0.5, 0.6) is 0 Å². The zero-order chi connectivity index (χ0) is 12.5. The van der Waals surface area contributed by atoms with E-state index >= 15 is 0 Å². The molecule has 0 fully saturated rings. The van der Waals surface area contributed by atoms with Gasteiger partial charge in [0.05, 0.1) is 13.2 Å². The Bertz CT molecular complexity index is 327. The van der Waals surface area contributed by atoms with Gasteiger partial charge in [-0.25, -0.2) is 4.79 Å². The Labute approximate surface area is 100 Å². The van der Waals surface area contributed by atoms with Crippen molar-refractivity contribution in [1.82, 2.24) is 0 Å². The van der Waals surface area contributed by atoms with E-state index in [0.717, 1.165) is 5.56 Å². The number of benzene rings is 1. The third kappa shape index (κ3) is 6.55. The summed E-state index contributed by atoms with van der Waals surface area (Å²) in [5, 5.41) is 0. The van der Waals surface area contributed by atoms with Crippen molar-refractivity contribution in [2.75, 3.05) is 13.2 Å². The molecule has 0 bridgehead atoms. The van der Waals surface area contributed by atoms with E-state index in [4.69, 9.17) is 15.2 Å². The van der Waals surface area contributed by atoms with Crippen molar-refractivity contribution in [3.63, 3.8) is 0 Å². The maximum absolute atomic E-state index is 10.9. The molecule has 1 aromatic rings. The number of carbonyl (C=O) groups is 1. The number of hydrogen-bond acceptors (Lipinski definition) is 5. The molecule has 0 radical (unpaired) electrons. The Kier molecular flexibility index (Phi) is 6.06. The van der Waals surface area contributed by atoms with Crippen LogP contribution in [0.1, 0.15) is 12.5 Å². The van der Waals surface area contributed by atoms with Crippen molar-refractivity contribution in [1.29, 1.82) is 0 Å². The van der Waals surface area contributed by atoms with Crippen LogP contribution in [0, 0.1) is 0 Å². The summed E-state index contributed by atoms with van der Waals surface area (Å²) in [7, 11) is 0. The highest BCUT2D eigenvalue weighted by atomic mass is 16.7. The standard InChI is InChI=1S/C12H17NO4/c1-10(13)17-12(14)16-8-7-15-9-11-5-3-2-4-6-11/h2-6,10H,7-9,13H2,1H3. The van der Waals surface area contributed by atoms with Gasteiger partial charge in [0.2, 0.25) is 0 Å². The van der Waals surface area contributed by atoms with Crippen LogP contribution in [0.4, 0.5) is 4.79 Å². The fourth-order valence-corrected chi connectivity index (χ4v) is 1.13. The van der Waals surface area contributed by atoms with Gasteiger partial charge in [0.15, 0.2) is 6.23 Å². The van der Waals surface area contributed by atoms with Gasteiger partial charge in [-0.05, 0) is 12.5 Å². The summed E-state index contributed by atoms with van der Waals surface area (Å²) in [6, 6.07) is 9.75. The number of hydrogen-bond donors (Lipinski definition) is 1. The lowest BCUT2D eigenvalue weighted by molar-refractivity contribution is 0.00827. The first-order valence-electron chi connectivity index (χ1n) is 5.39. The minimum Gasteiger partial charge on any atom is -0.432 e. The van der Waals surface area contributed by atoms with Gasteiger partial charge >= 0.3 is 6.16 Å². The quantitative estimate of drug-likeness (QED) is 0.464. The molecule has 0 heterocycles.